The molecule has 1 amide bonds. The first-order chi connectivity index (χ1) is 14.3. The van der Waals surface area contributed by atoms with Gasteiger partial charge in [0.25, 0.3) is 6.10 Å². The molecule has 5 nitrogen and oxygen atoms in total. The number of amides is 1. The second kappa shape index (κ2) is 9.54. The summed E-state index contributed by atoms with van der Waals surface area (Å²) in [6.07, 6.45) is -10.7. The third-order valence-corrected chi connectivity index (χ3v) is 5.71. The molecule has 31 heavy (non-hydrogen) atoms. The van der Waals surface area contributed by atoms with Gasteiger partial charge in [-0.15, -0.1) is 0 Å². The summed E-state index contributed by atoms with van der Waals surface area (Å²) in [4.78, 5) is 15.0. The van der Waals surface area contributed by atoms with Crippen LogP contribution in [0.5, 0.6) is 0 Å². The van der Waals surface area contributed by atoms with Gasteiger partial charge < -0.3 is 14.7 Å². The third-order valence-electron chi connectivity index (χ3n) is 5.71. The van der Waals surface area contributed by atoms with Gasteiger partial charge in [0.2, 0.25) is 0 Å². The molecule has 0 saturated carbocycles. The molecular formula is C20H26F6N2O3. The lowest BCUT2D eigenvalue weighted by atomic mass is 9.78. The summed E-state index contributed by atoms with van der Waals surface area (Å²) >= 11 is 0. The molecule has 2 aliphatic heterocycles. The molecule has 0 atom stereocenters. The molecule has 2 heterocycles. The maximum atomic E-state index is 12.6. The van der Waals surface area contributed by atoms with Crippen LogP contribution in [-0.4, -0.2) is 72.2 Å². The number of likely N-dealkylation sites (tertiary alicyclic amines) is 2. The molecule has 11 heteroatoms. The highest BCUT2D eigenvalue weighted by atomic mass is 19.4. The van der Waals surface area contributed by atoms with Crippen molar-refractivity contribution in [2.24, 2.45) is 5.41 Å². The zero-order valence-electron chi connectivity index (χ0n) is 17.1. The van der Waals surface area contributed by atoms with Gasteiger partial charge in [-0.1, -0.05) is 12.7 Å². The fraction of sp³-hybridized carbons (Fsp3) is 0.650. The number of hydrogen-bond donors (Lipinski definition) is 1. The Hall–Kier alpha value is -2.17. The Bertz CT molecular complexity index is 707. The number of nitrogens with zero attached hydrogens (tertiary/aromatic N) is 2. The van der Waals surface area contributed by atoms with E-state index in [0.717, 1.165) is 23.4 Å². The van der Waals surface area contributed by atoms with Crippen molar-refractivity contribution in [1.29, 1.82) is 0 Å². The van der Waals surface area contributed by atoms with E-state index >= 15 is 0 Å². The van der Waals surface area contributed by atoms with Crippen molar-refractivity contribution in [1.82, 2.24) is 9.80 Å². The van der Waals surface area contributed by atoms with Gasteiger partial charge >= 0.3 is 18.4 Å². The Kier molecular flexibility index (Phi) is 7.72. The minimum atomic E-state index is -5.73. The van der Waals surface area contributed by atoms with Crippen molar-refractivity contribution in [2.45, 2.75) is 44.6 Å². The predicted octanol–water partition coefficient (Wildman–Crippen LogP) is 4.98. The van der Waals surface area contributed by atoms with E-state index in [1.165, 1.54) is 0 Å². The molecular weight excluding hydrogens is 430 g/mol. The summed E-state index contributed by atoms with van der Waals surface area (Å²) in [6.45, 7) is 7.45. The van der Waals surface area contributed by atoms with E-state index < -0.39 is 24.5 Å². The lowest BCUT2D eigenvalue weighted by Gasteiger charge is -2.39. The van der Waals surface area contributed by atoms with E-state index in [0.29, 0.717) is 25.9 Å². The number of aliphatic hydroxyl groups is 1. The van der Waals surface area contributed by atoms with E-state index in [1.807, 2.05) is 0 Å². The number of alkyl halides is 6. The Morgan fingerprint density at radius 3 is 2.16 bits per heavy atom. The maximum absolute atomic E-state index is 12.6. The van der Waals surface area contributed by atoms with Crippen LogP contribution in [0.15, 0.2) is 36.1 Å². The van der Waals surface area contributed by atoms with Crippen molar-refractivity contribution in [3.63, 3.8) is 0 Å². The summed E-state index contributed by atoms with van der Waals surface area (Å²) < 4.78 is 79.4. The van der Waals surface area contributed by atoms with Gasteiger partial charge in [0.1, 0.15) is 5.76 Å². The number of ether oxygens (including phenoxy) is 1. The summed E-state index contributed by atoms with van der Waals surface area (Å²) in [6, 6.07) is 0. The minimum absolute atomic E-state index is 0.0264. The molecule has 1 spiro atoms. The van der Waals surface area contributed by atoms with Crippen LogP contribution in [0.4, 0.5) is 31.1 Å². The standard InChI is InChI=1S/C20H26F6N2O3/c1-3-14(11-15(29)4-2)12-27-8-5-18(13-27)6-9-28(10-7-18)17(30)31-16(19(21,22)23)20(24,25)26/h3-4,11,16,29H,1,5-10,12-13H2,2H3/b14-11+,15-4+. The average Bonchev–Trinajstić information content (AvgIpc) is 3.05. The molecule has 0 unspecified atom stereocenters. The van der Waals surface area contributed by atoms with Crippen molar-refractivity contribution < 1.29 is 41.0 Å². The second-order valence-electron chi connectivity index (χ2n) is 7.93. The number of carbonyl (C=O) groups excluding carboxylic acids is 1. The summed E-state index contributed by atoms with van der Waals surface area (Å²) in [5.74, 6) is 0.117. The Morgan fingerprint density at radius 2 is 1.68 bits per heavy atom. The van der Waals surface area contributed by atoms with Crippen LogP contribution >= 0.6 is 0 Å². The average molecular weight is 456 g/mol. The molecule has 0 aromatic rings. The van der Waals surface area contributed by atoms with E-state index in [1.54, 1.807) is 25.2 Å². The first kappa shape index (κ1) is 25.1. The molecule has 2 rings (SSSR count). The number of halogens is 6. The maximum Gasteiger partial charge on any atom is 0.434 e. The van der Waals surface area contributed by atoms with Crippen LogP contribution in [0, 0.1) is 5.41 Å². The Morgan fingerprint density at radius 1 is 1.13 bits per heavy atom. The molecule has 2 saturated heterocycles. The van der Waals surface area contributed by atoms with Crippen LogP contribution < -0.4 is 0 Å². The zero-order valence-corrected chi connectivity index (χ0v) is 17.1. The van der Waals surface area contributed by atoms with Gasteiger partial charge in [-0.3, -0.25) is 4.90 Å². The van der Waals surface area contributed by atoms with Gasteiger partial charge in [-0.05, 0) is 55.9 Å². The lowest BCUT2D eigenvalue weighted by molar-refractivity contribution is -0.308. The minimum Gasteiger partial charge on any atom is -0.508 e. The molecule has 0 aromatic carbocycles. The van der Waals surface area contributed by atoms with Gasteiger partial charge in [0, 0.05) is 26.2 Å². The second-order valence-corrected chi connectivity index (χ2v) is 7.93. The molecule has 0 bridgehead atoms. The largest absolute Gasteiger partial charge is 0.508 e. The van der Waals surface area contributed by atoms with Crippen molar-refractivity contribution in [3.05, 3.63) is 36.1 Å². The molecule has 0 radical (unpaired) electrons. The zero-order chi connectivity index (χ0) is 23.4. The van der Waals surface area contributed by atoms with Gasteiger partial charge in [-0.25, -0.2) is 4.79 Å². The van der Waals surface area contributed by atoms with E-state index in [-0.39, 0.29) is 24.3 Å². The Labute approximate surface area is 176 Å². The van der Waals surface area contributed by atoms with Crippen LogP contribution in [0.1, 0.15) is 26.2 Å². The number of aliphatic hydroxyl groups excluding tert-OH is 1. The van der Waals surface area contributed by atoms with Crippen LogP contribution in [-0.2, 0) is 4.74 Å². The van der Waals surface area contributed by atoms with E-state index in [9.17, 15) is 36.2 Å². The highest BCUT2D eigenvalue weighted by Crippen LogP contribution is 2.41. The number of allylic oxidation sites excluding steroid dienone is 2. The van der Waals surface area contributed by atoms with Crippen molar-refractivity contribution in [2.75, 3.05) is 32.7 Å². The fourth-order valence-corrected chi connectivity index (χ4v) is 3.93. The number of rotatable bonds is 5. The molecule has 2 fully saturated rings. The first-order valence-electron chi connectivity index (χ1n) is 9.79. The van der Waals surface area contributed by atoms with Crippen LogP contribution in [0.25, 0.3) is 0 Å². The van der Waals surface area contributed by atoms with Crippen LogP contribution in [0.3, 0.4) is 0 Å². The molecule has 0 aromatic heterocycles. The van der Waals surface area contributed by atoms with Crippen LogP contribution in [0.2, 0.25) is 0 Å². The smallest absolute Gasteiger partial charge is 0.434 e. The van der Waals surface area contributed by atoms with E-state index in [2.05, 4.69) is 16.2 Å². The fourth-order valence-electron chi connectivity index (χ4n) is 3.93. The van der Waals surface area contributed by atoms with Crippen molar-refractivity contribution in [3.8, 4) is 0 Å². The highest BCUT2D eigenvalue weighted by Gasteiger charge is 2.60. The summed E-state index contributed by atoms with van der Waals surface area (Å²) in [5, 5.41) is 9.65. The lowest BCUT2D eigenvalue weighted by Crippen LogP contribution is -2.50. The SMILES string of the molecule is C=C/C(=C\C(O)=C/C)CN1CCC2(CCN(C(=O)OC(C(F)(F)F)C(F)(F)F)CC2)C1. The molecule has 176 valence electrons. The first-order valence-corrected chi connectivity index (χ1v) is 9.79. The molecule has 2 aliphatic rings. The van der Waals surface area contributed by atoms with Gasteiger partial charge in [0.15, 0.2) is 0 Å². The molecule has 0 aliphatic carbocycles. The predicted molar refractivity (Wildman–Crippen MR) is 101 cm³/mol. The monoisotopic (exact) mass is 456 g/mol. The number of piperidine rings is 1. The molecule has 1 N–H and O–H groups in total. The van der Waals surface area contributed by atoms with E-state index in [4.69, 9.17) is 0 Å². The topological polar surface area (TPSA) is 53.0 Å². The van der Waals surface area contributed by atoms with Gasteiger partial charge in [-0.2, -0.15) is 26.3 Å². The number of carbonyl (C=O) groups is 1. The normalized spacial score (nSPS) is 21.1. The Balaban J connectivity index is 1.93. The summed E-state index contributed by atoms with van der Waals surface area (Å²) in [5.41, 5.74) is 0.651. The van der Waals surface area contributed by atoms with Crippen molar-refractivity contribution >= 4 is 6.09 Å². The number of hydrogen-bond acceptors (Lipinski definition) is 4. The third kappa shape index (κ3) is 6.65. The highest BCUT2D eigenvalue weighted by molar-refractivity contribution is 5.68. The quantitative estimate of drug-likeness (QED) is 0.360. The van der Waals surface area contributed by atoms with Gasteiger partial charge in [0.05, 0.1) is 0 Å². The summed E-state index contributed by atoms with van der Waals surface area (Å²) in [7, 11) is 0.